The van der Waals surface area contributed by atoms with Crippen LogP contribution in [-0.4, -0.2) is 28.9 Å². The van der Waals surface area contributed by atoms with Crippen molar-refractivity contribution in [2.24, 2.45) is 0 Å². The van der Waals surface area contributed by atoms with Gasteiger partial charge in [-0.3, -0.25) is 0 Å². The van der Waals surface area contributed by atoms with Crippen molar-refractivity contribution >= 4 is 23.3 Å². The van der Waals surface area contributed by atoms with E-state index in [1.165, 1.54) is 0 Å². The molecular formula is C16H24N2O2S. The van der Waals surface area contributed by atoms with E-state index in [1.807, 2.05) is 26.0 Å². The predicted octanol–water partition coefficient (Wildman–Crippen LogP) is 4.30. The quantitative estimate of drug-likeness (QED) is 0.583. The van der Waals surface area contributed by atoms with Gasteiger partial charge in [-0.2, -0.15) is 0 Å². The van der Waals surface area contributed by atoms with Gasteiger partial charge in [0.05, 0.1) is 18.2 Å². The smallest absolute Gasteiger partial charge is 0.178 e. The van der Waals surface area contributed by atoms with Crippen molar-refractivity contribution in [1.82, 2.24) is 9.55 Å². The molecule has 1 heterocycles. The lowest BCUT2D eigenvalue weighted by atomic mass is 10.3. The third kappa shape index (κ3) is 4.08. The molecule has 1 N–H and O–H groups in total. The van der Waals surface area contributed by atoms with Crippen LogP contribution in [0.4, 0.5) is 0 Å². The van der Waals surface area contributed by atoms with Crippen LogP contribution in [0.15, 0.2) is 18.2 Å². The molecule has 0 saturated heterocycles. The number of ether oxygens (including phenoxy) is 2. The lowest BCUT2D eigenvalue weighted by Gasteiger charge is -2.10. The summed E-state index contributed by atoms with van der Waals surface area (Å²) in [6.07, 6.45) is 2.40. The summed E-state index contributed by atoms with van der Waals surface area (Å²) in [6.45, 7) is 8.45. The van der Waals surface area contributed by atoms with E-state index in [9.17, 15) is 0 Å². The molecule has 1 aromatic heterocycles. The van der Waals surface area contributed by atoms with Crippen molar-refractivity contribution in [2.75, 3.05) is 13.2 Å². The van der Waals surface area contributed by atoms with Gasteiger partial charge >= 0.3 is 0 Å². The number of hydrogen-bond acceptors (Lipinski definition) is 3. The SMILES string of the molecule is CCCCOCCn1c(=S)[nH]c2c(OC(C)C)cccc21. The van der Waals surface area contributed by atoms with Gasteiger partial charge in [0.2, 0.25) is 0 Å². The number of fused-ring (bicyclic) bond motifs is 1. The van der Waals surface area contributed by atoms with Crippen molar-refractivity contribution in [2.45, 2.75) is 46.3 Å². The van der Waals surface area contributed by atoms with Gasteiger partial charge in [-0.05, 0) is 44.6 Å². The Morgan fingerprint density at radius 1 is 1.29 bits per heavy atom. The topological polar surface area (TPSA) is 39.2 Å². The highest BCUT2D eigenvalue weighted by Gasteiger charge is 2.10. The first kappa shape index (κ1) is 16.0. The van der Waals surface area contributed by atoms with Crippen LogP contribution in [0.3, 0.4) is 0 Å². The number of imidazole rings is 1. The molecule has 21 heavy (non-hydrogen) atoms. The van der Waals surface area contributed by atoms with Crippen LogP contribution in [-0.2, 0) is 11.3 Å². The second-order valence-corrected chi connectivity index (χ2v) is 5.75. The Morgan fingerprint density at radius 3 is 2.81 bits per heavy atom. The van der Waals surface area contributed by atoms with Gasteiger partial charge in [0.15, 0.2) is 4.77 Å². The third-order valence-corrected chi connectivity index (χ3v) is 3.56. The highest BCUT2D eigenvalue weighted by atomic mass is 32.1. The number of aromatic amines is 1. The lowest BCUT2D eigenvalue weighted by molar-refractivity contribution is 0.124. The third-order valence-electron chi connectivity index (χ3n) is 3.24. The summed E-state index contributed by atoms with van der Waals surface area (Å²) in [6, 6.07) is 6.02. The van der Waals surface area contributed by atoms with Gasteiger partial charge in [0.25, 0.3) is 0 Å². The van der Waals surface area contributed by atoms with Gasteiger partial charge in [0.1, 0.15) is 11.3 Å². The number of benzene rings is 1. The molecule has 0 aliphatic heterocycles. The summed E-state index contributed by atoms with van der Waals surface area (Å²) >= 11 is 5.42. The van der Waals surface area contributed by atoms with E-state index in [2.05, 4.69) is 22.5 Å². The van der Waals surface area contributed by atoms with Crippen LogP contribution >= 0.6 is 12.2 Å². The molecule has 0 saturated carbocycles. The van der Waals surface area contributed by atoms with Crippen molar-refractivity contribution in [3.8, 4) is 5.75 Å². The van der Waals surface area contributed by atoms with Crippen molar-refractivity contribution in [1.29, 1.82) is 0 Å². The van der Waals surface area contributed by atoms with Crippen LogP contribution in [0.1, 0.15) is 33.6 Å². The van der Waals surface area contributed by atoms with Crippen LogP contribution < -0.4 is 4.74 Å². The number of nitrogens with zero attached hydrogens (tertiary/aromatic N) is 1. The summed E-state index contributed by atoms with van der Waals surface area (Å²) < 4.78 is 14.3. The van der Waals surface area contributed by atoms with Crippen LogP contribution in [0.5, 0.6) is 5.75 Å². The fraction of sp³-hybridized carbons (Fsp3) is 0.562. The van der Waals surface area contributed by atoms with Crippen LogP contribution in [0.2, 0.25) is 0 Å². The minimum Gasteiger partial charge on any atom is -0.489 e. The molecule has 0 amide bonds. The molecule has 0 atom stereocenters. The Bertz CT molecular complexity index is 631. The number of aromatic nitrogens is 2. The predicted molar refractivity (Wildman–Crippen MR) is 88.6 cm³/mol. The summed E-state index contributed by atoms with van der Waals surface area (Å²) in [4.78, 5) is 3.25. The first-order valence-corrected chi connectivity index (χ1v) is 8.00. The monoisotopic (exact) mass is 308 g/mol. The average Bonchev–Trinajstić information content (AvgIpc) is 2.76. The standard InChI is InChI=1S/C16H24N2O2S/c1-4-5-10-19-11-9-18-13-7-6-8-14(20-12(2)3)15(13)17-16(18)21/h6-8,12H,4-5,9-11H2,1-3H3,(H,17,21). The highest BCUT2D eigenvalue weighted by Crippen LogP contribution is 2.25. The zero-order valence-corrected chi connectivity index (χ0v) is 13.8. The number of rotatable bonds is 8. The minimum absolute atomic E-state index is 0.137. The van der Waals surface area contributed by atoms with Gasteiger partial charge in [-0.1, -0.05) is 19.4 Å². The summed E-state index contributed by atoms with van der Waals surface area (Å²) in [7, 11) is 0. The molecule has 0 aliphatic rings. The van der Waals surface area contributed by atoms with E-state index >= 15 is 0 Å². The van der Waals surface area contributed by atoms with Crippen molar-refractivity contribution in [3.63, 3.8) is 0 Å². The molecule has 0 radical (unpaired) electrons. The molecule has 0 spiro atoms. The molecule has 1 aromatic carbocycles. The number of nitrogens with one attached hydrogen (secondary N) is 1. The van der Waals surface area contributed by atoms with E-state index < -0.39 is 0 Å². The Morgan fingerprint density at radius 2 is 2.10 bits per heavy atom. The fourth-order valence-electron chi connectivity index (χ4n) is 2.23. The molecule has 0 unspecified atom stereocenters. The summed E-state index contributed by atoms with van der Waals surface area (Å²) in [5.74, 6) is 0.847. The van der Waals surface area contributed by atoms with Crippen LogP contribution in [0.25, 0.3) is 11.0 Å². The minimum atomic E-state index is 0.137. The van der Waals surface area contributed by atoms with Crippen molar-refractivity contribution < 1.29 is 9.47 Å². The second-order valence-electron chi connectivity index (χ2n) is 5.36. The van der Waals surface area contributed by atoms with Crippen LogP contribution in [0, 0.1) is 4.77 Å². The number of H-pyrrole nitrogens is 1. The Hall–Kier alpha value is -1.33. The first-order chi connectivity index (χ1) is 10.1. The molecular weight excluding hydrogens is 284 g/mol. The van der Waals surface area contributed by atoms with Gasteiger partial charge in [-0.25, -0.2) is 0 Å². The molecule has 2 aromatic rings. The average molecular weight is 308 g/mol. The molecule has 0 bridgehead atoms. The van der Waals surface area contributed by atoms with E-state index in [-0.39, 0.29) is 6.10 Å². The van der Waals surface area contributed by atoms with Crippen molar-refractivity contribution in [3.05, 3.63) is 23.0 Å². The maximum atomic E-state index is 5.83. The van der Waals surface area contributed by atoms with E-state index in [0.29, 0.717) is 11.4 Å². The lowest BCUT2D eigenvalue weighted by Crippen LogP contribution is -2.07. The Kier molecular flexibility index (Phi) is 5.82. The maximum Gasteiger partial charge on any atom is 0.178 e. The number of para-hydroxylation sites is 1. The molecule has 4 nitrogen and oxygen atoms in total. The van der Waals surface area contributed by atoms with E-state index in [4.69, 9.17) is 21.7 Å². The fourth-order valence-corrected chi connectivity index (χ4v) is 2.52. The largest absolute Gasteiger partial charge is 0.489 e. The summed E-state index contributed by atoms with van der Waals surface area (Å²) in [5.41, 5.74) is 2.03. The van der Waals surface area contributed by atoms with Gasteiger partial charge < -0.3 is 19.0 Å². The molecule has 5 heteroatoms. The molecule has 2 rings (SSSR count). The number of hydrogen-bond donors (Lipinski definition) is 1. The van der Waals surface area contributed by atoms with E-state index in [1.54, 1.807) is 0 Å². The highest BCUT2D eigenvalue weighted by molar-refractivity contribution is 7.71. The molecule has 0 fully saturated rings. The molecule has 116 valence electrons. The van der Waals surface area contributed by atoms with E-state index in [0.717, 1.165) is 42.8 Å². The van der Waals surface area contributed by atoms with Gasteiger partial charge in [0, 0.05) is 13.2 Å². The Labute approximate surface area is 131 Å². The van der Waals surface area contributed by atoms with Gasteiger partial charge in [-0.15, -0.1) is 0 Å². The second kappa shape index (κ2) is 7.61. The first-order valence-electron chi connectivity index (χ1n) is 7.59. The zero-order chi connectivity index (χ0) is 15.2. The summed E-state index contributed by atoms with van der Waals surface area (Å²) in [5, 5.41) is 0. The molecule has 0 aliphatic carbocycles. The normalized spacial score (nSPS) is 11.4. The maximum absolute atomic E-state index is 5.83. The number of unbranched alkanes of at least 4 members (excludes halogenated alkanes) is 1. The zero-order valence-electron chi connectivity index (χ0n) is 13.0. The Balaban J connectivity index is 2.17.